The molecule has 3 rings (SSSR count). The molecule has 1 amide bonds. The number of carbonyl (C=O) groups is 1. The predicted octanol–water partition coefficient (Wildman–Crippen LogP) is 2.28. The van der Waals surface area contributed by atoms with Crippen molar-refractivity contribution in [3.05, 3.63) is 92.5 Å². The summed E-state index contributed by atoms with van der Waals surface area (Å²) in [5.74, 6) is -1.43. The van der Waals surface area contributed by atoms with Crippen molar-refractivity contribution in [3.8, 4) is 5.69 Å². The van der Waals surface area contributed by atoms with E-state index in [1.165, 1.54) is 24.3 Å². The van der Waals surface area contributed by atoms with Gasteiger partial charge in [0.2, 0.25) is 5.69 Å². The molecule has 0 bridgehead atoms. The molecule has 150 valence electrons. The third-order valence-electron chi connectivity index (χ3n) is 4.39. The van der Waals surface area contributed by atoms with Gasteiger partial charge in [0.1, 0.15) is 11.5 Å². The van der Waals surface area contributed by atoms with Crippen molar-refractivity contribution in [2.45, 2.75) is 32.9 Å². The zero-order chi connectivity index (χ0) is 21.1. The third-order valence-corrected chi connectivity index (χ3v) is 4.39. The molecule has 1 unspecified atom stereocenters. The summed E-state index contributed by atoms with van der Waals surface area (Å²) in [7, 11) is 0. The molecule has 1 N–H and O–H groups in total. The first kappa shape index (κ1) is 20.2. The van der Waals surface area contributed by atoms with Gasteiger partial charge in [-0.25, -0.2) is 13.8 Å². The lowest BCUT2D eigenvalue weighted by molar-refractivity contribution is 0.0933. The monoisotopic (exact) mass is 396 g/mol. The number of para-hydroxylation sites is 1. The highest BCUT2D eigenvalue weighted by Crippen LogP contribution is 2.15. The van der Waals surface area contributed by atoms with E-state index in [-0.39, 0.29) is 11.7 Å². The van der Waals surface area contributed by atoms with Crippen molar-refractivity contribution in [1.82, 2.24) is 19.7 Å². The molecule has 0 spiro atoms. The fourth-order valence-corrected chi connectivity index (χ4v) is 2.96. The number of hydrogen-bond acceptors (Lipinski definition) is 4. The van der Waals surface area contributed by atoms with Crippen LogP contribution in [0.4, 0.5) is 4.39 Å². The lowest BCUT2D eigenvalue weighted by Gasteiger charge is -2.18. The van der Waals surface area contributed by atoms with Gasteiger partial charge in [0.05, 0.1) is 6.04 Å². The molecule has 1 atom stereocenters. The maximum absolute atomic E-state index is 14.4. The topological polar surface area (TPSA) is 86.0 Å². The van der Waals surface area contributed by atoms with Crippen LogP contribution in [0.1, 0.15) is 42.9 Å². The lowest BCUT2D eigenvalue weighted by Crippen LogP contribution is -2.48. The normalized spacial score (nSPS) is 12.0. The first-order chi connectivity index (χ1) is 13.8. The fraction of sp³-hybridized carbons (Fsp3) is 0.238. The van der Waals surface area contributed by atoms with Gasteiger partial charge in [0.15, 0.2) is 0 Å². The minimum Gasteiger partial charge on any atom is -0.348 e. The average molecular weight is 396 g/mol. The Morgan fingerprint density at radius 2 is 1.62 bits per heavy atom. The Hall–Kier alpha value is -3.55. The standard InChI is InChI=1S/C21H21FN4O3/c1-13(2)23-19(27)18-20(28)25(14(3)15-9-5-4-6-10-15)21(29)26(24-18)17-12-8-7-11-16(17)22/h4-14H,1-3H3,(H,23,27). The summed E-state index contributed by atoms with van der Waals surface area (Å²) in [6.45, 7) is 5.12. The minimum absolute atomic E-state index is 0.148. The summed E-state index contributed by atoms with van der Waals surface area (Å²) in [5, 5.41) is 6.51. The smallest absolute Gasteiger partial charge is 0.348 e. The Morgan fingerprint density at radius 1 is 1.00 bits per heavy atom. The number of nitrogens with zero attached hydrogens (tertiary/aromatic N) is 3. The van der Waals surface area contributed by atoms with E-state index in [2.05, 4.69) is 10.4 Å². The average Bonchev–Trinajstić information content (AvgIpc) is 2.69. The largest absolute Gasteiger partial charge is 0.352 e. The quantitative estimate of drug-likeness (QED) is 0.717. The first-order valence-electron chi connectivity index (χ1n) is 9.18. The molecule has 0 saturated heterocycles. The van der Waals surface area contributed by atoms with Crippen LogP contribution in [0.2, 0.25) is 0 Å². The first-order valence-corrected chi connectivity index (χ1v) is 9.18. The van der Waals surface area contributed by atoms with Crippen LogP contribution in [0.3, 0.4) is 0 Å². The molecule has 0 aliphatic heterocycles. The molecule has 1 aromatic heterocycles. The van der Waals surface area contributed by atoms with Gasteiger partial charge in [-0.05, 0) is 38.5 Å². The number of carbonyl (C=O) groups excluding carboxylic acids is 1. The van der Waals surface area contributed by atoms with Crippen LogP contribution in [0.5, 0.6) is 0 Å². The molecule has 0 saturated carbocycles. The SMILES string of the molecule is CC(C)NC(=O)c1nn(-c2ccccc2F)c(=O)n(C(C)c2ccccc2)c1=O. The van der Waals surface area contributed by atoms with E-state index in [0.717, 1.165) is 9.25 Å². The van der Waals surface area contributed by atoms with Crippen molar-refractivity contribution < 1.29 is 9.18 Å². The van der Waals surface area contributed by atoms with E-state index in [1.807, 2.05) is 6.07 Å². The molecular weight excluding hydrogens is 375 g/mol. The molecule has 0 aliphatic carbocycles. The van der Waals surface area contributed by atoms with E-state index in [4.69, 9.17) is 0 Å². The van der Waals surface area contributed by atoms with Crippen LogP contribution in [0, 0.1) is 5.82 Å². The number of halogens is 1. The summed E-state index contributed by atoms with van der Waals surface area (Å²) in [6.07, 6.45) is 0. The molecule has 7 nitrogen and oxygen atoms in total. The summed E-state index contributed by atoms with van der Waals surface area (Å²) in [6, 6.07) is 13.5. The lowest BCUT2D eigenvalue weighted by atomic mass is 10.1. The Kier molecular flexibility index (Phi) is 5.72. The molecule has 8 heteroatoms. The Labute approximate surface area is 166 Å². The van der Waals surface area contributed by atoms with E-state index in [0.29, 0.717) is 5.56 Å². The summed E-state index contributed by atoms with van der Waals surface area (Å²) < 4.78 is 16.0. The number of aromatic nitrogens is 3. The van der Waals surface area contributed by atoms with Crippen molar-refractivity contribution in [2.24, 2.45) is 0 Å². The van der Waals surface area contributed by atoms with E-state index < -0.39 is 34.7 Å². The fourth-order valence-electron chi connectivity index (χ4n) is 2.96. The van der Waals surface area contributed by atoms with Gasteiger partial charge in [0, 0.05) is 6.04 Å². The zero-order valence-corrected chi connectivity index (χ0v) is 16.3. The Balaban J connectivity index is 2.31. The second kappa shape index (κ2) is 8.22. The van der Waals surface area contributed by atoms with Crippen LogP contribution < -0.4 is 16.6 Å². The number of benzene rings is 2. The maximum Gasteiger partial charge on any atom is 0.352 e. The van der Waals surface area contributed by atoms with Gasteiger partial charge in [-0.2, -0.15) is 9.78 Å². The Morgan fingerprint density at radius 3 is 2.24 bits per heavy atom. The van der Waals surface area contributed by atoms with Crippen molar-refractivity contribution in [3.63, 3.8) is 0 Å². The highest BCUT2D eigenvalue weighted by molar-refractivity contribution is 5.91. The zero-order valence-electron chi connectivity index (χ0n) is 16.3. The summed E-state index contributed by atoms with van der Waals surface area (Å²) in [5.41, 5.74) is -1.61. The number of nitrogens with one attached hydrogen (secondary N) is 1. The van der Waals surface area contributed by atoms with Crippen LogP contribution in [-0.2, 0) is 0 Å². The number of hydrogen-bond donors (Lipinski definition) is 1. The third kappa shape index (κ3) is 4.01. The van der Waals surface area contributed by atoms with Crippen LogP contribution in [-0.4, -0.2) is 26.3 Å². The number of rotatable bonds is 5. The molecule has 0 radical (unpaired) electrons. The summed E-state index contributed by atoms with van der Waals surface area (Å²) >= 11 is 0. The van der Waals surface area contributed by atoms with Gasteiger partial charge in [-0.15, -0.1) is 0 Å². The van der Waals surface area contributed by atoms with E-state index in [9.17, 15) is 18.8 Å². The molecule has 3 aromatic rings. The molecule has 0 aliphatic rings. The van der Waals surface area contributed by atoms with E-state index >= 15 is 0 Å². The second-order valence-corrected chi connectivity index (χ2v) is 6.88. The van der Waals surface area contributed by atoms with Crippen LogP contribution in [0.25, 0.3) is 5.69 Å². The van der Waals surface area contributed by atoms with Crippen molar-refractivity contribution in [1.29, 1.82) is 0 Å². The van der Waals surface area contributed by atoms with Gasteiger partial charge in [-0.1, -0.05) is 42.5 Å². The maximum atomic E-state index is 14.4. The van der Waals surface area contributed by atoms with Gasteiger partial charge in [0.25, 0.3) is 11.5 Å². The van der Waals surface area contributed by atoms with Crippen LogP contribution in [0.15, 0.2) is 64.2 Å². The predicted molar refractivity (Wildman–Crippen MR) is 107 cm³/mol. The molecule has 1 heterocycles. The van der Waals surface area contributed by atoms with Gasteiger partial charge >= 0.3 is 5.69 Å². The van der Waals surface area contributed by atoms with Gasteiger partial charge < -0.3 is 5.32 Å². The number of amides is 1. The minimum atomic E-state index is -0.836. The van der Waals surface area contributed by atoms with E-state index in [1.54, 1.807) is 45.0 Å². The van der Waals surface area contributed by atoms with Crippen LogP contribution >= 0.6 is 0 Å². The second-order valence-electron chi connectivity index (χ2n) is 6.88. The van der Waals surface area contributed by atoms with Crippen molar-refractivity contribution in [2.75, 3.05) is 0 Å². The summed E-state index contributed by atoms with van der Waals surface area (Å²) in [4.78, 5) is 38.7. The Bertz CT molecular complexity index is 1150. The molecule has 2 aromatic carbocycles. The highest BCUT2D eigenvalue weighted by atomic mass is 19.1. The molecule has 29 heavy (non-hydrogen) atoms. The molecular formula is C21H21FN4O3. The van der Waals surface area contributed by atoms with Crippen molar-refractivity contribution >= 4 is 5.91 Å². The highest BCUT2D eigenvalue weighted by Gasteiger charge is 2.24. The van der Waals surface area contributed by atoms with Gasteiger partial charge in [-0.3, -0.25) is 9.59 Å². The molecule has 0 fully saturated rings.